The first kappa shape index (κ1) is 13.7. The normalized spacial score (nSPS) is 11.7. The van der Waals surface area contributed by atoms with Gasteiger partial charge in [-0.3, -0.25) is 0 Å². The molecule has 0 radical (unpaired) electrons. The molecular formula is C13H16N2O3S. The van der Waals surface area contributed by atoms with Gasteiger partial charge in [-0.05, 0) is 12.1 Å². The number of benzene rings is 1. The number of phenolic OH excluding ortho intramolecular Hbond substituents is 2. The second-order valence-electron chi connectivity index (χ2n) is 5.09. The van der Waals surface area contributed by atoms with Gasteiger partial charge in [0, 0.05) is 4.75 Å². The van der Waals surface area contributed by atoms with Gasteiger partial charge in [0.2, 0.25) is 0 Å². The summed E-state index contributed by atoms with van der Waals surface area (Å²) in [6, 6.07) is 4.62. The molecule has 2 aromatic rings. The third-order valence-electron chi connectivity index (χ3n) is 2.35. The van der Waals surface area contributed by atoms with E-state index in [1.807, 2.05) is 0 Å². The third-order valence-corrected chi connectivity index (χ3v) is 3.62. The Morgan fingerprint density at radius 3 is 2.68 bits per heavy atom. The van der Waals surface area contributed by atoms with Crippen LogP contribution in [0.1, 0.15) is 26.6 Å². The highest BCUT2D eigenvalue weighted by molar-refractivity contribution is 7.99. The van der Waals surface area contributed by atoms with Crippen molar-refractivity contribution >= 4 is 11.8 Å². The van der Waals surface area contributed by atoms with E-state index in [0.717, 1.165) is 0 Å². The van der Waals surface area contributed by atoms with Crippen LogP contribution in [0.2, 0.25) is 0 Å². The number of nitrogens with zero attached hydrogens (tertiary/aromatic N) is 2. The van der Waals surface area contributed by atoms with Gasteiger partial charge in [-0.15, -0.1) is 11.8 Å². The van der Waals surface area contributed by atoms with Crippen molar-refractivity contribution < 1.29 is 14.7 Å². The van der Waals surface area contributed by atoms with E-state index < -0.39 is 0 Å². The van der Waals surface area contributed by atoms with E-state index in [1.54, 1.807) is 23.9 Å². The molecule has 2 rings (SSSR count). The highest BCUT2D eigenvalue weighted by atomic mass is 32.2. The first-order valence-corrected chi connectivity index (χ1v) is 6.83. The molecule has 0 aliphatic rings. The minimum absolute atomic E-state index is 0.119. The lowest BCUT2D eigenvalue weighted by atomic mass is 10.2. The van der Waals surface area contributed by atoms with Crippen LogP contribution in [0.15, 0.2) is 22.7 Å². The van der Waals surface area contributed by atoms with E-state index in [9.17, 15) is 10.2 Å². The van der Waals surface area contributed by atoms with Gasteiger partial charge < -0.3 is 14.7 Å². The Morgan fingerprint density at radius 1 is 1.26 bits per heavy atom. The molecule has 102 valence electrons. The van der Waals surface area contributed by atoms with E-state index in [4.69, 9.17) is 4.52 Å². The first-order valence-electron chi connectivity index (χ1n) is 5.85. The van der Waals surface area contributed by atoms with Crippen LogP contribution in [0.3, 0.4) is 0 Å². The fraction of sp³-hybridized carbons (Fsp3) is 0.385. The van der Waals surface area contributed by atoms with Gasteiger partial charge in [0.25, 0.3) is 5.89 Å². The maximum absolute atomic E-state index is 9.74. The Labute approximate surface area is 115 Å². The third kappa shape index (κ3) is 3.41. The number of aromatic nitrogens is 2. The van der Waals surface area contributed by atoms with E-state index in [2.05, 4.69) is 30.9 Å². The van der Waals surface area contributed by atoms with Crippen LogP contribution in [0.25, 0.3) is 11.5 Å². The number of hydrogen-bond donors (Lipinski definition) is 2. The van der Waals surface area contributed by atoms with Crippen molar-refractivity contribution in [2.45, 2.75) is 31.3 Å². The highest BCUT2D eigenvalue weighted by Gasteiger charge is 2.17. The maximum atomic E-state index is 9.74. The average Bonchev–Trinajstić information content (AvgIpc) is 2.78. The number of phenols is 2. The topological polar surface area (TPSA) is 79.4 Å². The largest absolute Gasteiger partial charge is 0.504 e. The lowest BCUT2D eigenvalue weighted by Crippen LogP contribution is -2.07. The molecule has 1 aromatic carbocycles. The molecule has 5 nitrogen and oxygen atoms in total. The number of rotatable bonds is 3. The Hall–Kier alpha value is -1.69. The fourth-order valence-corrected chi connectivity index (χ4v) is 2.09. The molecule has 0 saturated carbocycles. The molecule has 19 heavy (non-hydrogen) atoms. The molecule has 2 N–H and O–H groups in total. The van der Waals surface area contributed by atoms with Gasteiger partial charge in [0.05, 0.1) is 11.3 Å². The van der Waals surface area contributed by atoms with Crippen LogP contribution in [-0.2, 0) is 5.75 Å². The van der Waals surface area contributed by atoms with Crippen molar-refractivity contribution in [1.29, 1.82) is 0 Å². The van der Waals surface area contributed by atoms with Gasteiger partial charge in [-0.1, -0.05) is 32.0 Å². The zero-order valence-corrected chi connectivity index (χ0v) is 11.9. The molecule has 0 unspecified atom stereocenters. The first-order chi connectivity index (χ1) is 8.87. The smallest absolute Gasteiger partial charge is 0.261 e. The lowest BCUT2D eigenvalue weighted by molar-refractivity contribution is 0.396. The van der Waals surface area contributed by atoms with E-state index in [0.29, 0.717) is 17.1 Å². The van der Waals surface area contributed by atoms with Crippen molar-refractivity contribution in [3.63, 3.8) is 0 Å². The summed E-state index contributed by atoms with van der Waals surface area (Å²) in [5.41, 5.74) is 0.333. The molecule has 6 heteroatoms. The molecule has 0 amide bonds. The van der Waals surface area contributed by atoms with Gasteiger partial charge in [-0.25, -0.2) is 0 Å². The standard InChI is InChI=1S/C13H16N2O3S/c1-13(2,3)19-7-10-14-12(18-15-10)8-5-4-6-9(16)11(8)17/h4-6,16-17H,7H2,1-3H3. The summed E-state index contributed by atoms with van der Waals surface area (Å²) in [7, 11) is 0. The number of hydrogen-bond acceptors (Lipinski definition) is 6. The summed E-state index contributed by atoms with van der Waals surface area (Å²) < 4.78 is 5.23. The molecule has 0 bridgehead atoms. The van der Waals surface area contributed by atoms with Crippen LogP contribution < -0.4 is 0 Å². The predicted octanol–water partition coefficient (Wildman–Crippen LogP) is 3.18. The molecule has 0 aliphatic heterocycles. The number of aromatic hydroxyl groups is 2. The SMILES string of the molecule is CC(C)(C)SCc1noc(-c2cccc(O)c2O)n1. The van der Waals surface area contributed by atoms with Crippen LogP contribution in [0.4, 0.5) is 0 Å². The van der Waals surface area contributed by atoms with E-state index in [-0.39, 0.29) is 22.1 Å². The summed E-state index contributed by atoms with van der Waals surface area (Å²) in [5, 5.41) is 23.0. The highest BCUT2D eigenvalue weighted by Crippen LogP contribution is 2.35. The molecular weight excluding hydrogens is 264 g/mol. The lowest BCUT2D eigenvalue weighted by Gasteiger charge is -2.15. The molecule has 0 saturated heterocycles. The van der Waals surface area contributed by atoms with E-state index >= 15 is 0 Å². The predicted molar refractivity (Wildman–Crippen MR) is 74.1 cm³/mol. The minimum atomic E-state index is -0.249. The maximum Gasteiger partial charge on any atom is 0.261 e. The van der Waals surface area contributed by atoms with Crippen molar-refractivity contribution in [2.24, 2.45) is 0 Å². The quantitative estimate of drug-likeness (QED) is 0.841. The Kier molecular flexibility index (Phi) is 3.71. The van der Waals surface area contributed by atoms with E-state index in [1.165, 1.54) is 6.07 Å². The molecule has 1 heterocycles. The molecule has 0 spiro atoms. The van der Waals surface area contributed by atoms with Crippen LogP contribution in [0.5, 0.6) is 11.5 Å². The van der Waals surface area contributed by atoms with Crippen molar-refractivity contribution in [2.75, 3.05) is 0 Å². The molecule has 0 atom stereocenters. The van der Waals surface area contributed by atoms with Gasteiger partial charge in [0.1, 0.15) is 0 Å². The van der Waals surface area contributed by atoms with Crippen LogP contribution >= 0.6 is 11.8 Å². The minimum Gasteiger partial charge on any atom is -0.504 e. The van der Waals surface area contributed by atoms with Gasteiger partial charge in [-0.2, -0.15) is 4.98 Å². The molecule has 0 fully saturated rings. The fourth-order valence-electron chi connectivity index (χ4n) is 1.41. The Bertz CT molecular complexity index is 576. The summed E-state index contributed by atoms with van der Waals surface area (Å²) in [6.07, 6.45) is 0. The summed E-state index contributed by atoms with van der Waals surface area (Å²) in [4.78, 5) is 4.22. The van der Waals surface area contributed by atoms with Crippen molar-refractivity contribution in [3.8, 4) is 23.0 Å². The second-order valence-corrected chi connectivity index (χ2v) is 6.89. The van der Waals surface area contributed by atoms with Crippen molar-refractivity contribution in [3.05, 3.63) is 24.0 Å². The van der Waals surface area contributed by atoms with Crippen LogP contribution in [-0.4, -0.2) is 25.1 Å². The summed E-state index contributed by atoms with van der Waals surface area (Å²) >= 11 is 1.71. The zero-order chi connectivity index (χ0) is 14.0. The molecule has 1 aromatic heterocycles. The number of para-hydroxylation sites is 1. The number of thioether (sulfide) groups is 1. The Balaban J connectivity index is 2.19. The van der Waals surface area contributed by atoms with Crippen molar-refractivity contribution in [1.82, 2.24) is 10.1 Å². The summed E-state index contributed by atoms with van der Waals surface area (Å²) in [5.74, 6) is 0.949. The molecule has 0 aliphatic carbocycles. The van der Waals surface area contributed by atoms with Crippen LogP contribution in [0, 0.1) is 0 Å². The summed E-state index contributed by atoms with van der Waals surface area (Å²) in [6.45, 7) is 6.33. The second kappa shape index (κ2) is 5.13. The Morgan fingerprint density at radius 2 is 2.00 bits per heavy atom. The monoisotopic (exact) mass is 280 g/mol. The zero-order valence-electron chi connectivity index (χ0n) is 11.0. The average molecular weight is 280 g/mol. The van der Waals surface area contributed by atoms with Gasteiger partial charge >= 0.3 is 0 Å². The van der Waals surface area contributed by atoms with Gasteiger partial charge in [0.15, 0.2) is 17.3 Å².